The number of aromatic amines is 1. The van der Waals surface area contributed by atoms with Gasteiger partial charge < -0.3 is 20.7 Å². The van der Waals surface area contributed by atoms with Crippen molar-refractivity contribution in [3.63, 3.8) is 0 Å². The molecule has 0 radical (unpaired) electrons. The molecule has 1 atom stereocenters. The monoisotopic (exact) mass is 277 g/mol. The molecule has 5 nitrogen and oxygen atoms in total. The Labute approximate surface area is 119 Å². The Hall–Kier alpha value is -1.33. The number of hydrogen-bond acceptors (Lipinski definition) is 3. The van der Waals surface area contributed by atoms with E-state index in [1.54, 1.807) is 18.5 Å². The maximum absolute atomic E-state index is 12.3. The zero-order valence-corrected chi connectivity index (χ0v) is 11.6. The van der Waals surface area contributed by atoms with Crippen LogP contribution in [0.4, 0.5) is 0 Å². The molecule has 0 aromatic carbocycles. The number of H-pyrrole nitrogens is 1. The molecular formula is C15H23N3O2. The molecule has 1 aliphatic carbocycles. The van der Waals surface area contributed by atoms with Gasteiger partial charge in [0.05, 0.1) is 11.7 Å². The van der Waals surface area contributed by atoms with Gasteiger partial charge in [0.2, 0.25) is 0 Å². The van der Waals surface area contributed by atoms with E-state index in [0.29, 0.717) is 17.4 Å². The van der Waals surface area contributed by atoms with Gasteiger partial charge in [-0.2, -0.15) is 0 Å². The van der Waals surface area contributed by atoms with Gasteiger partial charge in [-0.05, 0) is 56.7 Å². The van der Waals surface area contributed by atoms with Crippen LogP contribution in [0.15, 0.2) is 18.5 Å². The van der Waals surface area contributed by atoms with Crippen LogP contribution in [-0.2, 0) is 0 Å². The smallest absolute Gasteiger partial charge is 0.253 e. The second-order valence-corrected chi connectivity index (χ2v) is 6.07. The fourth-order valence-electron chi connectivity index (χ4n) is 3.45. The molecule has 20 heavy (non-hydrogen) atoms. The van der Waals surface area contributed by atoms with E-state index >= 15 is 0 Å². The van der Waals surface area contributed by atoms with Gasteiger partial charge in [-0.15, -0.1) is 0 Å². The Morgan fingerprint density at radius 1 is 1.30 bits per heavy atom. The van der Waals surface area contributed by atoms with E-state index in [9.17, 15) is 9.90 Å². The molecule has 1 aromatic rings. The van der Waals surface area contributed by atoms with Gasteiger partial charge in [-0.1, -0.05) is 0 Å². The predicted octanol–water partition coefficient (Wildman–Crippen LogP) is 0.884. The van der Waals surface area contributed by atoms with Crippen LogP contribution in [-0.4, -0.2) is 41.2 Å². The van der Waals surface area contributed by atoms with Crippen LogP contribution in [0.1, 0.15) is 36.0 Å². The second kappa shape index (κ2) is 5.97. The molecule has 2 fully saturated rings. The van der Waals surface area contributed by atoms with Crippen LogP contribution in [0.2, 0.25) is 0 Å². The number of nitrogens with one attached hydrogen (secondary N) is 3. The quantitative estimate of drug-likeness (QED) is 0.660. The summed E-state index contributed by atoms with van der Waals surface area (Å²) in [5, 5.41) is 16.1. The maximum Gasteiger partial charge on any atom is 0.253 e. The topological polar surface area (TPSA) is 77.2 Å². The van der Waals surface area contributed by atoms with Gasteiger partial charge in [0.15, 0.2) is 0 Å². The largest absolute Gasteiger partial charge is 0.393 e. The number of aliphatic hydroxyl groups excluding tert-OH is 1. The van der Waals surface area contributed by atoms with Gasteiger partial charge in [0.1, 0.15) is 0 Å². The van der Waals surface area contributed by atoms with Crippen molar-refractivity contribution in [2.45, 2.75) is 37.8 Å². The molecule has 1 unspecified atom stereocenters. The number of carbonyl (C=O) groups excluding carboxylic acids is 1. The summed E-state index contributed by atoms with van der Waals surface area (Å²) in [5.41, 5.74) is 0.684. The lowest BCUT2D eigenvalue weighted by Gasteiger charge is -2.43. The van der Waals surface area contributed by atoms with Gasteiger partial charge in [0.25, 0.3) is 5.91 Å². The zero-order chi connectivity index (χ0) is 13.9. The molecule has 0 spiro atoms. The van der Waals surface area contributed by atoms with E-state index in [1.807, 2.05) is 0 Å². The van der Waals surface area contributed by atoms with E-state index < -0.39 is 0 Å². The second-order valence-electron chi connectivity index (χ2n) is 6.07. The van der Waals surface area contributed by atoms with Crippen LogP contribution in [0, 0.1) is 11.8 Å². The zero-order valence-electron chi connectivity index (χ0n) is 11.6. The molecular weight excluding hydrogens is 254 g/mol. The summed E-state index contributed by atoms with van der Waals surface area (Å²) in [5.74, 6) is 0.948. The summed E-state index contributed by atoms with van der Waals surface area (Å²) in [6.45, 7) is 2.05. The highest BCUT2D eigenvalue weighted by Gasteiger charge is 2.39. The molecule has 3 rings (SSSR count). The van der Waals surface area contributed by atoms with E-state index in [1.165, 1.54) is 0 Å². The van der Waals surface area contributed by atoms with E-state index in [-0.39, 0.29) is 18.1 Å². The lowest BCUT2D eigenvalue weighted by Crippen LogP contribution is -2.52. The minimum Gasteiger partial charge on any atom is -0.393 e. The molecule has 4 N–H and O–H groups in total. The lowest BCUT2D eigenvalue weighted by atomic mass is 9.71. The average Bonchev–Trinajstić information content (AvgIpc) is 2.97. The Morgan fingerprint density at radius 2 is 2.05 bits per heavy atom. The molecule has 1 saturated heterocycles. The summed E-state index contributed by atoms with van der Waals surface area (Å²) in [6.07, 6.45) is 7.17. The van der Waals surface area contributed by atoms with E-state index in [0.717, 1.165) is 38.8 Å². The molecule has 2 aliphatic rings. The summed E-state index contributed by atoms with van der Waals surface area (Å²) in [7, 11) is 0. The van der Waals surface area contributed by atoms with Crippen molar-refractivity contribution < 1.29 is 9.90 Å². The molecule has 1 aromatic heterocycles. The standard InChI is InChI=1S/C15H23N3O2/c19-13-7-12(8-13)14(10-1-4-16-5-2-10)18-15(20)11-3-6-17-9-11/h3,6,9-10,12-14,16-17,19H,1-2,4-5,7-8H2,(H,18,20). The van der Waals surface area contributed by atoms with Gasteiger partial charge in [-0.3, -0.25) is 4.79 Å². The summed E-state index contributed by atoms with van der Waals surface area (Å²) < 4.78 is 0. The highest BCUT2D eigenvalue weighted by molar-refractivity contribution is 5.94. The highest BCUT2D eigenvalue weighted by atomic mass is 16.3. The number of carbonyl (C=O) groups is 1. The van der Waals surface area contributed by atoms with Crippen LogP contribution < -0.4 is 10.6 Å². The molecule has 2 heterocycles. The number of amides is 1. The van der Waals surface area contributed by atoms with Gasteiger partial charge in [-0.25, -0.2) is 0 Å². The first kappa shape index (κ1) is 13.6. The SMILES string of the molecule is O=C(NC(C1CCNCC1)C1CC(O)C1)c1cc[nH]c1. The Bertz CT molecular complexity index is 434. The summed E-state index contributed by atoms with van der Waals surface area (Å²) in [4.78, 5) is 15.2. The number of hydrogen-bond donors (Lipinski definition) is 4. The van der Waals surface area contributed by atoms with Gasteiger partial charge in [0, 0.05) is 18.4 Å². The fourth-order valence-corrected chi connectivity index (χ4v) is 3.45. The Morgan fingerprint density at radius 3 is 2.65 bits per heavy atom. The van der Waals surface area contributed by atoms with E-state index in [2.05, 4.69) is 15.6 Å². The number of aliphatic hydroxyl groups is 1. The minimum atomic E-state index is -0.173. The van der Waals surface area contributed by atoms with Crippen molar-refractivity contribution in [2.24, 2.45) is 11.8 Å². The van der Waals surface area contributed by atoms with Crippen LogP contribution >= 0.6 is 0 Å². The molecule has 1 aliphatic heterocycles. The Balaban J connectivity index is 1.66. The van der Waals surface area contributed by atoms with Crippen molar-refractivity contribution in [1.82, 2.24) is 15.6 Å². The van der Waals surface area contributed by atoms with Crippen molar-refractivity contribution in [1.29, 1.82) is 0 Å². The summed E-state index contributed by atoms with van der Waals surface area (Å²) >= 11 is 0. The first-order valence-electron chi connectivity index (χ1n) is 7.56. The maximum atomic E-state index is 12.3. The van der Waals surface area contributed by atoms with Crippen LogP contribution in [0.3, 0.4) is 0 Å². The van der Waals surface area contributed by atoms with Crippen molar-refractivity contribution in [3.8, 4) is 0 Å². The third-order valence-electron chi connectivity index (χ3n) is 4.71. The Kier molecular flexibility index (Phi) is 4.08. The normalized spacial score (nSPS) is 28.6. The number of piperidine rings is 1. The van der Waals surface area contributed by atoms with Gasteiger partial charge >= 0.3 is 0 Å². The van der Waals surface area contributed by atoms with Crippen molar-refractivity contribution in [2.75, 3.05) is 13.1 Å². The third-order valence-corrected chi connectivity index (χ3v) is 4.71. The minimum absolute atomic E-state index is 0.00354. The molecule has 110 valence electrons. The lowest BCUT2D eigenvalue weighted by molar-refractivity contribution is 0.00919. The highest BCUT2D eigenvalue weighted by Crippen LogP contribution is 2.35. The van der Waals surface area contributed by atoms with Crippen LogP contribution in [0.25, 0.3) is 0 Å². The molecule has 1 amide bonds. The molecule has 1 saturated carbocycles. The van der Waals surface area contributed by atoms with Crippen LogP contribution in [0.5, 0.6) is 0 Å². The number of aromatic nitrogens is 1. The first-order valence-corrected chi connectivity index (χ1v) is 7.56. The third kappa shape index (κ3) is 2.88. The predicted molar refractivity (Wildman–Crippen MR) is 76.4 cm³/mol. The first-order chi connectivity index (χ1) is 9.74. The van der Waals surface area contributed by atoms with Crippen molar-refractivity contribution >= 4 is 5.91 Å². The van der Waals surface area contributed by atoms with Crippen molar-refractivity contribution in [3.05, 3.63) is 24.0 Å². The summed E-state index contributed by atoms with van der Waals surface area (Å²) in [6, 6.07) is 1.99. The van der Waals surface area contributed by atoms with E-state index in [4.69, 9.17) is 0 Å². The number of rotatable bonds is 4. The average molecular weight is 277 g/mol. The molecule has 0 bridgehead atoms. The fraction of sp³-hybridized carbons (Fsp3) is 0.667. The molecule has 5 heteroatoms.